The molecule has 174 valence electrons. The summed E-state index contributed by atoms with van der Waals surface area (Å²) in [5.41, 5.74) is 2.76. The number of hydrogen-bond donors (Lipinski definition) is 1. The van der Waals surface area contributed by atoms with Crippen LogP contribution in [0, 0.1) is 28.6 Å². The molecule has 4 fully saturated rings. The maximum Gasteiger partial charge on any atom is 0.129 e. The Balaban J connectivity index is 1.24. The number of likely N-dealkylation sites (tertiary alicyclic amines) is 1. The van der Waals surface area contributed by atoms with Gasteiger partial charge in [-0.25, -0.2) is 0 Å². The Hall–Kier alpha value is -0.870. The highest BCUT2D eigenvalue weighted by molar-refractivity contribution is 5.96. The molecule has 0 aromatic heterocycles. The third kappa shape index (κ3) is 3.70. The van der Waals surface area contributed by atoms with Crippen molar-refractivity contribution >= 4 is 5.71 Å². The third-order valence-electron chi connectivity index (χ3n) is 10.7. The van der Waals surface area contributed by atoms with Crippen molar-refractivity contribution in [2.45, 2.75) is 97.0 Å². The van der Waals surface area contributed by atoms with E-state index in [0.717, 1.165) is 43.5 Å². The lowest BCUT2D eigenvalue weighted by molar-refractivity contribution is -0.117. The van der Waals surface area contributed by atoms with Crippen molar-refractivity contribution in [1.82, 2.24) is 4.90 Å². The third-order valence-corrected chi connectivity index (χ3v) is 10.7. The van der Waals surface area contributed by atoms with Gasteiger partial charge in [-0.2, -0.15) is 0 Å². The van der Waals surface area contributed by atoms with E-state index in [2.05, 4.69) is 36.9 Å². The topological polar surface area (TPSA) is 45.1 Å². The van der Waals surface area contributed by atoms with Gasteiger partial charge in [-0.15, -0.1) is 0 Å². The molecule has 4 nitrogen and oxygen atoms in total. The average Bonchev–Trinajstić information content (AvgIpc) is 3.01. The average molecular weight is 429 g/mol. The number of oxime groups is 1. The molecule has 4 aliphatic carbocycles. The molecule has 3 saturated carbocycles. The molecule has 1 heterocycles. The number of hydrogen-bond acceptors (Lipinski definition) is 4. The lowest BCUT2D eigenvalue weighted by Crippen LogP contribution is -2.53. The summed E-state index contributed by atoms with van der Waals surface area (Å²) in [6.45, 7) is 11.2. The summed E-state index contributed by atoms with van der Waals surface area (Å²) in [6.07, 6.45) is 15.9. The molecule has 1 aliphatic heterocycles. The second-order valence-electron chi connectivity index (χ2n) is 12.1. The van der Waals surface area contributed by atoms with E-state index in [-0.39, 0.29) is 5.41 Å². The Morgan fingerprint density at radius 3 is 2.58 bits per heavy atom. The lowest BCUT2D eigenvalue weighted by Gasteiger charge is -2.59. The van der Waals surface area contributed by atoms with Crippen molar-refractivity contribution in [3.05, 3.63) is 11.6 Å². The van der Waals surface area contributed by atoms with E-state index < -0.39 is 5.60 Å². The molecule has 0 bridgehead atoms. The molecule has 5 rings (SSSR count). The van der Waals surface area contributed by atoms with Crippen LogP contribution in [0.1, 0.15) is 91.4 Å². The summed E-state index contributed by atoms with van der Waals surface area (Å²) in [7, 11) is 0. The van der Waals surface area contributed by atoms with Crippen LogP contribution in [-0.2, 0) is 4.84 Å². The molecule has 31 heavy (non-hydrogen) atoms. The molecule has 5 aliphatic rings. The van der Waals surface area contributed by atoms with Gasteiger partial charge in [-0.05, 0) is 119 Å². The van der Waals surface area contributed by atoms with Gasteiger partial charge in [0, 0.05) is 6.54 Å². The zero-order chi connectivity index (χ0) is 21.7. The smallest absolute Gasteiger partial charge is 0.129 e. The fourth-order valence-electron chi connectivity index (χ4n) is 8.37. The van der Waals surface area contributed by atoms with Crippen molar-refractivity contribution in [1.29, 1.82) is 0 Å². The zero-order valence-corrected chi connectivity index (χ0v) is 20.2. The van der Waals surface area contributed by atoms with Crippen molar-refractivity contribution < 1.29 is 9.94 Å². The van der Waals surface area contributed by atoms with Crippen LogP contribution in [0.25, 0.3) is 0 Å². The van der Waals surface area contributed by atoms with Gasteiger partial charge >= 0.3 is 0 Å². The summed E-state index contributed by atoms with van der Waals surface area (Å²) < 4.78 is 0. The van der Waals surface area contributed by atoms with Gasteiger partial charge < -0.3 is 9.94 Å². The van der Waals surface area contributed by atoms with Crippen molar-refractivity contribution in [2.24, 2.45) is 33.7 Å². The fourth-order valence-corrected chi connectivity index (χ4v) is 8.37. The highest BCUT2D eigenvalue weighted by Crippen LogP contribution is 2.67. The summed E-state index contributed by atoms with van der Waals surface area (Å²) in [5, 5.41) is 15.7. The van der Waals surface area contributed by atoms with Gasteiger partial charge in [-0.1, -0.05) is 31.0 Å². The molecule has 0 aromatic carbocycles. The van der Waals surface area contributed by atoms with E-state index in [1.165, 1.54) is 70.9 Å². The van der Waals surface area contributed by atoms with Gasteiger partial charge in [0.1, 0.15) is 6.61 Å². The van der Waals surface area contributed by atoms with Crippen LogP contribution in [0.5, 0.6) is 0 Å². The predicted octanol–water partition coefficient (Wildman–Crippen LogP) is 5.56. The Morgan fingerprint density at radius 1 is 1.00 bits per heavy atom. The van der Waals surface area contributed by atoms with E-state index in [4.69, 9.17) is 4.84 Å². The van der Waals surface area contributed by atoms with Crippen LogP contribution in [-0.4, -0.2) is 47.6 Å². The number of fused-ring (bicyclic) bond motifs is 5. The zero-order valence-electron chi connectivity index (χ0n) is 20.2. The van der Waals surface area contributed by atoms with Crippen LogP contribution in [0.3, 0.4) is 0 Å². The van der Waals surface area contributed by atoms with Gasteiger partial charge in [0.2, 0.25) is 0 Å². The summed E-state index contributed by atoms with van der Waals surface area (Å²) in [6, 6.07) is 0. The van der Waals surface area contributed by atoms with Crippen LogP contribution in [0.2, 0.25) is 0 Å². The van der Waals surface area contributed by atoms with Crippen LogP contribution < -0.4 is 0 Å². The standard InChI is InChI=1S/C27H44N2O2/c1-25-12-9-21(28-31-18-17-29-15-5-4-6-16-29)19-20(25)7-8-22-23(25)10-13-26(2)24(22)11-14-27(26,3)30/h19,22-24,30H,4-18H2,1-3H3/b28-21+/t22?,23?,24?,25-,26-,27-/m0/s1. The fraction of sp³-hybridized carbons (Fsp3) is 0.889. The maximum absolute atomic E-state index is 11.1. The Bertz CT molecular complexity index is 738. The first kappa shape index (κ1) is 21.9. The first-order valence-corrected chi connectivity index (χ1v) is 13.2. The van der Waals surface area contributed by atoms with E-state index in [9.17, 15) is 5.11 Å². The van der Waals surface area contributed by atoms with E-state index in [1.54, 1.807) is 5.57 Å². The van der Waals surface area contributed by atoms with Gasteiger partial charge in [0.25, 0.3) is 0 Å². The minimum absolute atomic E-state index is 0.120. The highest BCUT2D eigenvalue weighted by atomic mass is 16.6. The first-order valence-electron chi connectivity index (χ1n) is 13.2. The van der Waals surface area contributed by atoms with Crippen molar-refractivity contribution in [2.75, 3.05) is 26.2 Å². The maximum atomic E-state index is 11.1. The second-order valence-corrected chi connectivity index (χ2v) is 12.1. The number of allylic oxidation sites excluding steroid dienone is 2. The molecule has 1 N–H and O–H groups in total. The van der Waals surface area contributed by atoms with Crippen LogP contribution >= 0.6 is 0 Å². The summed E-state index contributed by atoms with van der Waals surface area (Å²) in [4.78, 5) is 8.27. The molecule has 4 heteroatoms. The monoisotopic (exact) mass is 428 g/mol. The quantitative estimate of drug-likeness (QED) is 0.471. The molecule has 3 unspecified atom stereocenters. The van der Waals surface area contributed by atoms with E-state index >= 15 is 0 Å². The Labute approximate surface area is 189 Å². The predicted molar refractivity (Wildman–Crippen MR) is 126 cm³/mol. The molecule has 0 radical (unpaired) electrons. The second kappa shape index (κ2) is 8.17. The van der Waals surface area contributed by atoms with Gasteiger partial charge in [0.05, 0.1) is 11.3 Å². The lowest BCUT2D eigenvalue weighted by atomic mass is 9.46. The number of piperidine rings is 1. The van der Waals surface area contributed by atoms with E-state index in [1.807, 2.05) is 0 Å². The first-order chi connectivity index (χ1) is 14.8. The normalized spacial score (nSPS) is 46.8. The Kier molecular flexibility index (Phi) is 5.78. The van der Waals surface area contributed by atoms with Crippen LogP contribution in [0.15, 0.2) is 16.8 Å². The van der Waals surface area contributed by atoms with Gasteiger partial charge in [-0.3, -0.25) is 4.90 Å². The molecule has 0 aromatic rings. The SMILES string of the molecule is C[C@]12CC/C(=N\OCCN3CCCCC3)C=C1CCC1C2CC[C@@]2(C)C1CC[C@]2(C)O. The minimum atomic E-state index is -0.475. The van der Waals surface area contributed by atoms with E-state index in [0.29, 0.717) is 11.3 Å². The molecule has 0 amide bonds. The highest BCUT2D eigenvalue weighted by Gasteiger charge is 2.62. The molecule has 1 saturated heterocycles. The molecular weight excluding hydrogens is 384 g/mol. The Morgan fingerprint density at radius 2 is 1.77 bits per heavy atom. The summed E-state index contributed by atoms with van der Waals surface area (Å²) >= 11 is 0. The minimum Gasteiger partial charge on any atom is -0.394 e. The molecular formula is C27H44N2O2. The number of aliphatic hydroxyl groups is 1. The number of nitrogens with zero attached hydrogens (tertiary/aromatic N) is 2. The van der Waals surface area contributed by atoms with Crippen molar-refractivity contribution in [3.8, 4) is 0 Å². The van der Waals surface area contributed by atoms with Crippen molar-refractivity contribution in [3.63, 3.8) is 0 Å². The molecule has 6 atom stereocenters. The van der Waals surface area contributed by atoms with Crippen LogP contribution in [0.4, 0.5) is 0 Å². The van der Waals surface area contributed by atoms with Gasteiger partial charge in [0.15, 0.2) is 0 Å². The molecule has 0 spiro atoms. The number of rotatable bonds is 4. The largest absolute Gasteiger partial charge is 0.394 e. The summed E-state index contributed by atoms with van der Waals surface area (Å²) in [5.74, 6) is 2.27.